The number of nitrogens with one attached hydrogen (secondary N) is 2. The molecule has 138 valence electrons. The third-order valence-electron chi connectivity index (χ3n) is 4.00. The average molecular weight is 391 g/mol. The van der Waals surface area contributed by atoms with Gasteiger partial charge in [0.1, 0.15) is 5.56 Å². The Morgan fingerprint density at radius 2 is 2.16 bits per heavy atom. The molecule has 2 amide bonds. The molecule has 10 heteroatoms. The number of nitro groups is 1. The number of carbonyl (C=O) groups is 2. The lowest BCUT2D eigenvalue weighted by atomic mass is 10.1. The van der Waals surface area contributed by atoms with E-state index in [-0.39, 0.29) is 47.2 Å². The van der Waals surface area contributed by atoms with Crippen molar-refractivity contribution in [1.82, 2.24) is 15.5 Å². The fourth-order valence-corrected chi connectivity index (χ4v) is 2.94. The Balaban J connectivity index is 0.00000312. The number of likely N-dealkylation sites (N-methyl/N-ethyl adjacent to an activating group) is 1. The number of piperidine rings is 1. The second-order valence-corrected chi connectivity index (χ2v) is 5.95. The van der Waals surface area contributed by atoms with Crippen molar-refractivity contribution in [3.8, 4) is 0 Å². The molecular formula is C15H20Cl2N4O4. The minimum atomic E-state index is -0.733. The first-order valence-corrected chi connectivity index (χ1v) is 7.98. The molecule has 1 aromatic rings. The van der Waals surface area contributed by atoms with E-state index >= 15 is 0 Å². The van der Waals surface area contributed by atoms with Gasteiger partial charge in [0.05, 0.1) is 16.5 Å². The van der Waals surface area contributed by atoms with Crippen LogP contribution in [0.4, 0.5) is 5.69 Å². The van der Waals surface area contributed by atoms with E-state index in [9.17, 15) is 19.7 Å². The van der Waals surface area contributed by atoms with Crippen molar-refractivity contribution >= 4 is 41.5 Å². The molecule has 0 spiro atoms. The monoisotopic (exact) mass is 390 g/mol. The molecular weight excluding hydrogens is 371 g/mol. The number of likely N-dealkylation sites (tertiary alicyclic amines) is 1. The number of nitrogens with zero attached hydrogens (tertiary/aromatic N) is 2. The van der Waals surface area contributed by atoms with Gasteiger partial charge in [-0.05, 0) is 26.0 Å². The van der Waals surface area contributed by atoms with Gasteiger partial charge in [-0.15, -0.1) is 12.4 Å². The Morgan fingerprint density at radius 3 is 2.80 bits per heavy atom. The average Bonchev–Trinajstić information content (AvgIpc) is 2.59. The maximum Gasteiger partial charge on any atom is 0.283 e. The SMILES string of the molecule is CNC1CCCN(C(=O)CNC(=O)c2c(Cl)cccc2[N+](=O)[O-])C1.Cl. The quantitative estimate of drug-likeness (QED) is 0.586. The molecule has 1 unspecified atom stereocenters. The Kier molecular flexibility index (Phi) is 8.08. The summed E-state index contributed by atoms with van der Waals surface area (Å²) >= 11 is 5.90. The van der Waals surface area contributed by atoms with Crippen LogP contribution in [-0.2, 0) is 4.79 Å². The zero-order valence-corrected chi connectivity index (χ0v) is 15.2. The van der Waals surface area contributed by atoms with Crippen molar-refractivity contribution in [2.75, 3.05) is 26.7 Å². The van der Waals surface area contributed by atoms with Gasteiger partial charge in [0.25, 0.3) is 11.6 Å². The highest BCUT2D eigenvalue weighted by Crippen LogP contribution is 2.25. The normalized spacial score (nSPS) is 16.7. The summed E-state index contributed by atoms with van der Waals surface area (Å²) in [7, 11) is 1.84. The molecule has 25 heavy (non-hydrogen) atoms. The molecule has 1 atom stereocenters. The Hall–Kier alpha value is -1.90. The van der Waals surface area contributed by atoms with Crippen LogP contribution in [0.3, 0.4) is 0 Å². The number of benzene rings is 1. The maximum absolute atomic E-state index is 12.2. The molecule has 1 saturated heterocycles. The Bertz CT molecular complexity index is 656. The van der Waals surface area contributed by atoms with Crippen LogP contribution in [0.5, 0.6) is 0 Å². The molecule has 0 radical (unpaired) electrons. The van der Waals surface area contributed by atoms with Crippen molar-refractivity contribution < 1.29 is 14.5 Å². The third-order valence-corrected chi connectivity index (χ3v) is 4.31. The van der Waals surface area contributed by atoms with E-state index in [0.29, 0.717) is 13.1 Å². The molecule has 1 aromatic carbocycles. The lowest BCUT2D eigenvalue weighted by Crippen LogP contribution is -2.49. The summed E-state index contributed by atoms with van der Waals surface area (Å²) in [6.45, 7) is 0.994. The van der Waals surface area contributed by atoms with Gasteiger partial charge in [-0.1, -0.05) is 17.7 Å². The van der Waals surface area contributed by atoms with Gasteiger partial charge in [-0.3, -0.25) is 19.7 Å². The van der Waals surface area contributed by atoms with Crippen molar-refractivity contribution in [3.05, 3.63) is 38.9 Å². The standard InChI is InChI=1S/C15H19ClN4O4.ClH/c1-17-10-4-3-7-19(9-10)13(21)8-18-15(22)14-11(16)5-2-6-12(14)20(23)24;/h2,5-6,10,17H,3-4,7-9H2,1H3,(H,18,22);1H. The number of carbonyl (C=O) groups excluding carboxylic acids is 2. The minimum absolute atomic E-state index is 0. The van der Waals surface area contributed by atoms with Crippen molar-refractivity contribution in [3.63, 3.8) is 0 Å². The summed E-state index contributed by atoms with van der Waals surface area (Å²) in [5, 5.41) is 16.6. The Morgan fingerprint density at radius 1 is 1.44 bits per heavy atom. The van der Waals surface area contributed by atoms with Crippen molar-refractivity contribution in [2.45, 2.75) is 18.9 Å². The van der Waals surface area contributed by atoms with E-state index in [1.807, 2.05) is 7.05 Å². The first-order valence-electron chi connectivity index (χ1n) is 7.60. The van der Waals surface area contributed by atoms with Crippen molar-refractivity contribution in [1.29, 1.82) is 0 Å². The molecule has 1 heterocycles. The molecule has 0 aliphatic carbocycles. The van der Waals surface area contributed by atoms with Gasteiger partial charge in [0.15, 0.2) is 0 Å². The maximum atomic E-state index is 12.2. The predicted molar refractivity (Wildman–Crippen MR) is 96.3 cm³/mol. The van der Waals surface area contributed by atoms with Gasteiger partial charge >= 0.3 is 0 Å². The highest BCUT2D eigenvalue weighted by molar-refractivity contribution is 6.34. The highest BCUT2D eigenvalue weighted by atomic mass is 35.5. The summed E-state index contributed by atoms with van der Waals surface area (Å²) < 4.78 is 0. The fraction of sp³-hybridized carbons (Fsp3) is 0.467. The van der Waals surface area contributed by atoms with Gasteiger partial charge < -0.3 is 15.5 Å². The largest absolute Gasteiger partial charge is 0.343 e. The second kappa shape index (κ2) is 9.55. The molecule has 2 rings (SSSR count). The van der Waals surface area contributed by atoms with Crippen LogP contribution in [-0.4, -0.2) is 54.4 Å². The summed E-state index contributed by atoms with van der Waals surface area (Å²) in [6.07, 6.45) is 1.89. The minimum Gasteiger partial charge on any atom is -0.343 e. The van der Waals surface area contributed by atoms with Crippen LogP contribution < -0.4 is 10.6 Å². The van der Waals surface area contributed by atoms with Crippen molar-refractivity contribution in [2.24, 2.45) is 0 Å². The van der Waals surface area contributed by atoms with Gasteiger partial charge in [-0.2, -0.15) is 0 Å². The van der Waals surface area contributed by atoms with E-state index in [1.165, 1.54) is 18.2 Å². The number of rotatable bonds is 5. The van der Waals surface area contributed by atoms with Gasteiger partial charge in [-0.25, -0.2) is 0 Å². The van der Waals surface area contributed by atoms with E-state index in [1.54, 1.807) is 4.90 Å². The number of hydrogen-bond acceptors (Lipinski definition) is 5. The van der Waals surface area contributed by atoms with Gasteiger partial charge in [0.2, 0.25) is 5.91 Å². The zero-order valence-electron chi connectivity index (χ0n) is 13.7. The molecule has 2 N–H and O–H groups in total. The zero-order chi connectivity index (χ0) is 17.7. The molecule has 0 saturated carbocycles. The molecule has 0 aromatic heterocycles. The number of hydrogen-bond donors (Lipinski definition) is 2. The van der Waals surface area contributed by atoms with Crippen LogP contribution in [0.1, 0.15) is 23.2 Å². The van der Waals surface area contributed by atoms with E-state index < -0.39 is 10.8 Å². The van der Waals surface area contributed by atoms with E-state index in [2.05, 4.69) is 10.6 Å². The summed E-state index contributed by atoms with van der Waals surface area (Å²) in [5.41, 5.74) is -0.621. The summed E-state index contributed by atoms with van der Waals surface area (Å²) in [6, 6.07) is 4.23. The van der Waals surface area contributed by atoms with Crippen LogP contribution in [0.25, 0.3) is 0 Å². The molecule has 1 aliphatic heterocycles. The molecule has 1 fully saturated rings. The molecule has 0 bridgehead atoms. The molecule has 1 aliphatic rings. The predicted octanol–water partition coefficient (Wildman–Crippen LogP) is 1.61. The summed E-state index contributed by atoms with van der Waals surface area (Å²) in [5.74, 6) is -0.958. The highest BCUT2D eigenvalue weighted by Gasteiger charge is 2.26. The van der Waals surface area contributed by atoms with Crippen LogP contribution in [0.2, 0.25) is 5.02 Å². The van der Waals surface area contributed by atoms with Crippen LogP contribution >= 0.6 is 24.0 Å². The topological polar surface area (TPSA) is 105 Å². The smallest absolute Gasteiger partial charge is 0.283 e. The lowest BCUT2D eigenvalue weighted by Gasteiger charge is -2.32. The van der Waals surface area contributed by atoms with E-state index in [0.717, 1.165) is 12.8 Å². The molecule has 8 nitrogen and oxygen atoms in total. The van der Waals surface area contributed by atoms with Crippen LogP contribution in [0, 0.1) is 10.1 Å². The number of halogens is 2. The number of nitro benzene ring substituents is 1. The Labute approximate surface area is 156 Å². The lowest BCUT2D eigenvalue weighted by molar-refractivity contribution is -0.385. The first-order chi connectivity index (χ1) is 11.4. The third kappa shape index (κ3) is 5.29. The summed E-state index contributed by atoms with van der Waals surface area (Å²) in [4.78, 5) is 36.4. The van der Waals surface area contributed by atoms with E-state index in [4.69, 9.17) is 11.6 Å². The first kappa shape index (κ1) is 21.1. The second-order valence-electron chi connectivity index (χ2n) is 5.54. The fourth-order valence-electron chi connectivity index (χ4n) is 2.69. The van der Waals surface area contributed by atoms with Crippen LogP contribution in [0.15, 0.2) is 18.2 Å². The van der Waals surface area contributed by atoms with Gasteiger partial charge in [0, 0.05) is 25.2 Å². The number of amides is 2.